The number of nitrogens with zero attached hydrogens (tertiary/aromatic N) is 2. The average molecular weight is 328 g/mol. The van der Waals surface area contributed by atoms with Gasteiger partial charge < -0.3 is 10.1 Å². The van der Waals surface area contributed by atoms with Gasteiger partial charge in [-0.2, -0.15) is 5.10 Å². The molecular formula is C15H19Cl2N3O. The van der Waals surface area contributed by atoms with Gasteiger partial charge in [-0.05, 0) is 38.6 Å². The van der Waals surface area contributed by atoms with Crippen molar-refractivity contribution in [3.05, 3.63) is 45.2 Å². The highest BCUT2D eigenvalue weighted by Gasteiger charge is 2.13. The highest BCUT2D eigenvalue weighted by molar-refractivity contribution is 6.32. The molecule has 114 valence electrons. The van der Waals surface area contributed by atoms with Crippen LogP contribution < -0.4 is 10.1 Å². The lowest BCUT2D eigenvalue weighted by Crippen LogP contribution is -2.12. The zero-order valence-electron chi connectivity index (χ0n) is 12.6. The normalized spacial score (nSPS) is 12.5. The van der Waals surface area contributed by atoms with Crippen molar-refractivity contribution in [1.82, 2.24) is 15.1 Å². The van der Waals surface area contributed by atoms with Crippen molar-refractivity contribution in [2.45, 2.75) is 26.5 Å². The van der Waals surface area contributed by atoms with Gasteiger partial charge in [0.05, 0.1) is 21.4 Å². The SMILES string of the molecule is CNC(C)c1ccc(OCc2c(Cl)c(C)nn2C)c(Cl)c1. The van der Waals surface area contributed by atoms with Crippen LogP contribution in [0.2, 0.25) is 10.0 Å². The molecule has 4 nitrogen and oxygen atoms in total. The van der Waals surface area contributed by atoms with E-state index in [4.69, 9.17) is 27.9 Å². The summed E-state index contributed by atoms with van der Waals surface area (Å²) in [6, 6.07) is 6.03. The van der Waals surface area contributed by atoms with E-state index in [-0.39, 0.29) is 6.04 Å². The molecule has 1 atom stereocenters. The summed E-state index contributed by atoms with van der Waals surface area (Å²) in [5.74, 6) is 0.638. The molecule has 0 bridgehead atoms. The van der Waals surface area contributed by atoms with Crippen molar-refractivity contribution in [1.29, 1.82) is 0 Å². The number of hydrogen-bond acceptors (Lipinski definition) is 3. The molecular weight excluding hydrogens is 309 g/mol. The monoisotopic (exact) mass is 327 g/mol. The predicted molar refractivity (Wildman–Crippen MR) is 86.2 cm³/mol. The van der Waals surface area contributed by atoms with Crippen LogP contribution in [-0.4, -0.2) is 16.8 Å². The van der Waals surface area contributed by atoms with Crippen LogP contribution in [0.3, 0.4) is 0 Å². The van der Waals surface area contributed by atoms with E-state index in [1.54, 1.807) is 4.68 Å². The van der Waals surface area contributed by atoms with E-state index < -0.39 is 0 Å². The predicted octanol–water partition coefficient (Wildman–Crippen LogP) is 3.89. The smallest absolute Gasteiger partial charge is 0.138 e. The topological polar surface area (TPSA) is 39.1 Å². The van der Waals surface area contributed by atoms with E-state index in [1.807, 2.05) is 39.2 Å². The van der Waals surface area contributed by atoms with Crippen LogP contribution in [0.25, 0.3) is 0 Å². The van der Waals surface area contributed by atoms with Crippen LogP contribution in [-0.2, 0) is 13.7 Å². The molecule has 0 spiro atoms. The van der Waals surface area contributed by atoms with Gasteiger partial charge in [-0.25, -0.2) is 0 Å². The van der Waals surface area contributed by atoms with Gasteiger partial charge in [-0.1, -0.05) is 29.3 Å². The van der Waals surface area contributed by atoms with Crippen molar-refractivity contribution in [2.24, 2.45) is 7.05 Å². The van der Waals surface area contributed by atoms with E-state index in [0.29, 0.717) is 22.4 Å². The van der Waals surface area contributed by atoms with Crippen LogP contribution >= 0.6 is 23.2 Å². The molecule has 2 aromatic rings. The second-order valence-corrected chi connectivity index (χ2v) is 5.74. The number of rotatable bonds is 5. The van der Waals surface area contributed by atoms with Crippen molar-refractivity contribution in [3.8, 4) is 5.75 Å². The molecule has 0 amide bonds. The number of nitrogens with one attached hydrogen (secondary N) is 1. The Labute approximate surface area is 135 Å². The molecule has 0 aliphatic rings. The first-order chi connectivity index (χ1) is 9.93. The minimum Gasteiger partial charge on any atom is -0.486 e. The molecule has 2 rings (SSSR count). The Morgan fingerprint density at radius 3 is 2.62 bits per heavy atom. The molecule has 1 N–H and O–H groups in total. The summed E-state index contributed by atoms with van der Waals surface area (Å²) in [5, 5.41) is 8.65. The van der Waals surface area contributed by atoms with Gasteiger partial charge in [-0.15, -0.1) is 0 Å². The lowest BCUT2D eigenvalue weighted by atomic mass is 10.1. The Hall–Kier alpha value is -1.23. The van der Waals surface area contributed by atoms with Crippen molar-refractivity contribution >= 4 is 23.2 Å². The van der Waals surface area contributed by atoms with Crippen LogP contribution in [0.15, 0.2) is 18.2 Å². The third-order valence-corrected chi connectivity index (χ3v) is 4.30. The van der Waals surface area contributed by atoms with Crippen LogP contribution in [0.1, 0.15) is 29.9 Å². The van der Waals surface area contributed by atoms with Gasteiger partial charge >= 0.3 is 0 Å². The number of halogens is 2. The molecule has 0 aliphatic carbocycles. The quantitative estimate of drug-likeness (QED) is 0.905. The Morgan fingerprint density at radius 2 is 2.10 bits per heavy atom. The summed E-state index contributed by atoms with van der Waals surface area (Å²) in [7, 11) is 3.76. The Balaban J connectivity index is 2.13. The highest BCUT2D eigenvalue weighted by Crippen LogP contribution is 2.29. The third kappa shape index (κ3) is 3.51. The van der Waals surface area contributed by atoms with Crippen molar-refractivity contribution < 1.29 is 4.74 Å². The zero-order valence-corrected chi connectivity index (χ0v) is 14.1. The third-order valence-electron chi connectivity index (χ3n) is 3.51. The minimum atomic E-state index is 0.241. The Morgan fingerprint density at radius 1 is 1.38 bits per heavy atom. The van der Waals surface area contributed by atoms with Crippen molar-refractivity contribution in [3.63, 3.8) is 0 Å². The van der Waals surface area contributed by atoms with Gasteiger partial charge in [0.1, 0.15) is 12.4 Å². The first-order valence-corrected chi connectivity index (χ1v) is 7.47. The van der Waals surface area contributed by atoms with E-state index >= 15 is 0 Å². The van der Waals surface area contributed by atoms with E-state index in [9.17, 15) is 0 Å². The maximum Gasteiger partial charge on any atom is 0.138 e. The van der Waals surface area contributed by atoms with Gasteiger partial charge in [0.15, 0.2) is 0 Å². The molecule has 1 aromatic carbocycles. The fourth-order valence-corrected chi connectivity index (χ4v) is 2.51. The summed E-state index contributed by atoms with van der Waals surface area (Å²) >= 11 is 12.5. The second kappa shape index (κ2) is 6.69. The van der Waals surface area contributed by atoms with Gasteiger partial charge in [0, 0.05) is 13.1 Å². The molecule has 0 fully saturated rings. The summed E-state index contributed by atoms with van der Waals surface area (Å²) in [6.45, 7) is 4.27. The maximum absolute atomic E-state index is 6.27. The molecule has 6 heteroatoms. The van der Waals surface area contributed by atoms with E-state index in [2.05, 4.69) is 17.3 Å². The zero-order chi connectivity index (χ0) is 15.6. The number of hydrogen-bond donors (Lipinski definition) is 1. The van der Waals surface area contributed by atoms with Crippen LogP contribution in [0, 0.1) is 6.92 Å². The lowest BCUT2D eigenvalue weighted by Gasteiger charge is -2.13. The number of ether oxygens (including phenoxy) is 1. The van der Waals surface area contributed by atoms with Gasteiger partial charge in [-0.3, -0.25) is 4.68 Å². The summed E-state index contributed by atoms with van der Waals surface area (Å²) in [5.41, 5.74) is 2.74. The van der Waals surface area contributed by atoms with Crippen LogP contribution in [0.4, 0.5) is 0 Å². The van der Waals surface area contributed by atoms with E-state index in [0.717, 1.165) is 17.0 Å². The summed E-state index contributed by atoms with van der Waals surface area (Å²) in [6.07, 6.45) is 0. The molecule has 1 aromatic heterocycles. The van der Waals surface area contributed by atoms with Crippen LogP contribution in [0.5, 0.6) is 5.75 Å². The minimum absolute atomic E-state index is 0.241. The molecule has 0 radical (unpaired) electrons. The summed E-state index contributed by atoms with van der Waals surface area (Å²) < 4.78 is 7.49. The molecule has 0 saturated heterocycles. The second-order valence-electron chi connectivity index (χ2n) is 4.96. The Bertz CT molecular complexity index is 640. The van der Waals surface area contributed by atoms with Crippen molar-refractivity contribution in [2.75, 3.05) is 7.05 Å². The lowest BCUT2D eigenvalue weighted by molar-refractivity contribution is 0.295. The van der Waals surface area contributed by atoms with Gasteiger partial charge in [0.25, 0.3) is 0 Å². The largest absolute Gasteiger partial charge is 0.486 e. The number of benzene rings is 1. The highest BCUT2D eigenvalue weighted by atomic mass is 35.5. The molecule has 21 heavy (non-hydrogen) atoms. The number of aromatic nitrogens is 2. The summed E-state index contributed by atoms with van der Waals surface area (Å²) in [4.78, 5) is 0. The fourth-order valence-electron chi connectivity index (χ4n) is 2.05. The van der Waals surface area contributed by atoms with Gasteiger partial charge in [0.2, 0.25) is 0 Å². The first-order valence-electron chi connectivity index (χ1n) is 6.71. The fraction of sp³-hybridized carbons (Fsp3) is 0.400. The molecule has 1 heterocycles. The average Bonchev–Trinajstić information content (AvgIpc) is 2.70. The maximum atomic E-state index is 6.27. The van der Waals surface area contributed by atoms with E-state index in [1.165, 1.54) is 0 Å². The first kappa shape index (κ1) is 16.1. The Kier molecular flexibility index (Phi) is 5.14. The molecule has 0 aliphatic heterocycles. The molecule has 0 saturated carbocycles. The number of aryl methyl sites for hydroxylation is 2. The standard InChI is InChI=1S/C15H19Cl2N3O/c1-9(18-3)11-5-6-14(12(16)7-11)21-8-13-15(17)10(2)19-20(13)4/h5-7,9,18H,8H2,1-4H3. The molecule has 1 unspecified atom stereocenters.